The van der Waals surface area contributed by atoms with Crippen LogP contribution in [0.4, 0.5) is 0 Å². The number of H-pyrrole nitrogens is 2. The Bertz CT molecular complexity index is 1510. The number of fused-ring (bicyclic) bond motifs is 2. The molecule has 0 unspecified atom stereocenters. The van der Waals surface area contributed by atoms with Crippen molar-refractivity contribution in [2.75, 3.05) is 0 Å². The molecule has 5 rings (SSSR count). The van der Waals surface area contributed by atoms with Crippen LogP contribution in [0.1, 0.15) is 61.0 Å². The Kier molecular flexibility index (Phi) is 6.57. The number of benzene rings is 2. The molecule has 2 aromatic heterocycles. The summed E-state index contributed by atoms with van der Waals surface area (Å²) in [5.41, 5.74) is 5.61. The zero-order chi connectivity index (χ0) is 27.1. The number of carbonyl (C=O) groups is 4. The second-order valence-corrected chi connectivity index (χ2v) is 10.4. The van der Waals surface area contributed by atoms with E-state index in [9.17, 15) is 19.2 Å². The van der Waals surface area contributed by atoms with Gasteiger partial charge in [0, 0.05) is 33.2 Å². The number of hydrogen-bond donors (Lipinski definition) is 2. The van der Waals surface area contributed by atoms with E-state index < -0.39 is 35.0 Å². The summed E-state index contributed by atoms with van der Waals surface area (Å²) >= 11 is 0. The fourth-order valence-electron chi connectivity index (χ4n) is 5.50. The van der Waals surface area contributed by atoms with Gasteiger partial charge in [-0.2, -0.15) is 0 Å². The first-order valence-electron chi connectivity index (χ1n) is 12.8. The molecule has 1 aliphatic rings. The van der Waals surface area contributed by atoms with E-state index in [0.29, 0.717) is 59.0 Å². The number of para-hydroxylation sites is 2. The predicted octanol–water partition coefficient (Wildman–Crippen LogP) is 5.82. The van der Waals surface area contributed by atoms with Crippen molar-refractivity contribution in [2.24, 2.45) is 0 Å². The van der Waals surface area contributed by atoms with E-state index in [-0.39, 0.29) is 0 Å². The molecular formula is C32H30N2O4. The fraction of sp³-hybridized carbons (Fsp3) is 0.250. The van der Waals surface area contributed by atoms with Crippen molar-refractivity contribution in [3.05, 3.63) is 95.3 Å². The van der Waals surface area contributed by atoms with Crippen LogP contribution < -0.4 is 0 Å². The van der Waals surface area contributed by atoms with Crippen LogP contribution in [-0.2, 0) is 32.0 Å². The average Bonchev–Trinajstić information content (AvgIpc) is 3.44. The first-order valence-corrected chi connectivity index (χ1v) is 12.8. The normalized spacial score (nSPS) is 18.1. The molecule has 38 heavy (non-hydrogen) atoms. The number of ketones is 4. The Morgan fingerprint density at radius 3 is 1.32 bits per heavy atom. The van der Waals surface area contributed by atoms with Gasteiger partial charge in [0.25, 0.3) is 0 Å². The lowest BCUT2D eigenvalue weighted by molar-refractivity contribution is -0.151. The van der Waals surface area contributed by atoms with Gasteiger partial charge in [-0.25, -0.2) is 0 Å². The van der Waals surface area contributed by atoms with Crippen molar-refractivity contribution in [1.29, 1.82) is 0 Å². The van der Waals surface area contributed by atoms with Crippen molar-refractivity contribution < 1.29 is 19.2 Å². The molecule has 0 radical (unpaired) electrons. The highest BCUT2D eigenvalue weighted by atomic mass is 16.2. The minimum Gasteiger partial charge on any atom is -0.358 e. The molecule has 0 atom stereocenters. The summed E-state index contributed by atoms with van der Waals surface area (Å²) < 4.78 is 0. The SMILES string of the molecule is C=C(C)CCc1[nH]c2ccccc2c1C1C(=O)C(=O)C(c2c(CCC(=C)C)[nH]c3ccccc23)C(=O)C1=O. The number of nitrogens with one attached hydrogen (secondary N) is 2. The summed E-state index contributed by atoms with van der Waals surface area (Å²) in [6, 6.07) is 14.7. The third-order valence-corrected chi connectivity index (χ3v) is 7.37. The third kappa shape index (κ3) is 4.26. The second kappa shape index (κ2) is 9.86. The van der Waals surface area contributed by atoms with E-state index in [2.05, 4.69) is 23.1 Å². The van der Waals surface area contributed by atoms with E-state index in [1.807, 2.05) is 62.4 Å². The molecule has 4 aromatic rings. The highest BCUT2D eigenvalue weighted by molar-refractivity contribution is 6.64. The maximum absolute atomic E-state index is 13.8. The Morgan fingerprint density at radius 1 is 0.632 bits per heavy atom. The highest BCUT2D eigenvalue weighted by Crippen LogP contribution is 2.40. The fourth-order valence-corrected chi connectivity index (χ4v) is 5.50. The van der Waals surface area contributed by atoms with Crippen molar-refractivity contribution in [2.45, 2.75) is 51.4 Å². The smallest absolute Gasteiger partial charge is 0.214 e. The second-order valence-electron chi connectivity index (χ2n) is 10.4. The van der Waals surface area contributed by atoms with Crippen LogP contribution in [0.15, 0.2) is 72.8 Å². The molecule has 1 aliphatic carbocycles. The van der Waals surface area contributed by atoms with Gasteiger partial charge in [-0.15, -0.1) is 13.2 Å². The summed E-state index contributed by atoms with van der Waals surface area (Å²) in [5, 5.41) is 1.34. The number of hydrogen-bond acceptors (Lipinski definition) is 4. The molecule has 1 fully saturated rings. The monoisotopic (exact) mass is 506 g/mol. The first kappa shape index (κ1) is 25.3. The number of aromatic amines is 2. The molecule has 1 saturated carbocycles. The van der Waals surface area contributed by atoms with Gasteiger partial charge in [-0.05, 0) is 62.8 Å². The number of allylic oxidation sites excluding steroid dienone is 2. The zero-order valence-electron chi connectivity index (χ0n) is 21.6. The largest absolute Gasteiger partial charge is 0.358 e. The zero-order valence-corrected chi connectivity index (χ0v) is 21.6. The van der Waals surface area contributed by atoms with Gasteiger partial charge >= 0.3 is 0 Å². The van der Waals surface area contributed by atoms with Crippen LogP contribution in [0, 0.1) is 0 Å². The Hall–Kier alpha value is -4.32. The first-order chi connectivity index (χ1) is 18.2. The van der Waals surface area contributed by atoms with Gasteiger partial charge in [-0.1, -0.05) is 47.5 Å². The van der Waals surface area contributed by atoms with Gasteiger partial charge in [0.05, 0.1) is 0 Å². The molecule has 0 spiro atoms. The minimum absolute atomic E-state index is 0.429. The number of rotatable bonds is 8. The van der Waals surface area contributed by atoms with Crippen LogP contribution in [0.3, 0.4) is 0 Å². The van der Waals surface area contributed by atoms with Gasteiger partial charge in [-0.3, -0.25) is 19.2 Å². The van der Waals surface area contributed by atoms with E-state index in [4.69, 9.17) is 0 Å². The van der Waals surface area contributed by atoms with E-state index in [1.54, 1.807) is 0 Å². The molecule has 192 valence electrons. The van der Waals surface area contributed by atoms with E-state index in [1.165, 1.54) is 0 Å². The number of carbonyl (C=O) groups excluding carboxylic acids is 4. The predicted molar refractivity (Wildman–Crippen MR) is 148 cm³/mol. The molecule has 2 aromatic carbocycles. The third-order valence-electron chi connectivity index (χ3n) is 7.37. The molecule has 0 aliphatic heterocycles. The van der Waals surface area contributed by atoms with Crippen LogP contribution in [-0.4, -0.2) is 33.1 Å². The van der Waals surface area contributed by atoms with E-state index >= 15 is 0 Å². The van der Waals surface area contributed by atoms with Crippen molar-refractivity contribution in [3.63, 3.8) is 0 Å². The van der Waals surface area contributed by atoms with Gasteiger partial charge in [0.2, 0.25) is 23.1 Å². The average molecular weight is 507 g/mol. The summed E-state index contributed by atoms with van der Waals surface area (Å²) in [6.07, 6.45) is 2.30. The molecule has 0 saturated heterocycles. The van der Waals surface area contributed by atoms with Crippen molar-refractivity contribution in [3.8, 4) is 0 Å². The van der Waals surface area contributed by atoms with Crippen molar-refractivity contribution in [1.82, 2.24) is 9.97 Å². The van der Waals surface area contributed by atoms with Crippen LogP contribution in [0.2, 0.25) is 0 Å². The van der Waals surface area contributed by atoms with Crippen LogP contribution in [0.5, 0.6) is 0 Å². The molecule has 6 nitrogen and oxygen atoms in total. The highest BCUT2D eigenvalue weighted by Gasteiger charge is 2.52. The lowest BCUT2D eigenvalue weighted by atomic mass is 9.71. The minimum atomic E-state index is -1.45. The Labute approximate surface area is 220 Å². The van der Waals surface area contributed by atoms with Gasteiger partial charge in [0.15, 0.2) is 0 Å². The Morgan fingerprint density at radius 2 is 0.974 bits per heavy atom. The number of Topliss-reactive ketones (excluding diaryl/α,β-unsaturated/α-hetero) is 4. The van der Waals surface area contributed by atoms with Crippen molar-refractivity contribution >= 4 is 44.9 Å². The summed E-state index contributed by atoms with van der Waals surface area (Å²) in [4.78, 5) is 61.6. The van der Waals surface area contributed by atoms with Crippen LogP contribution in [0.25, 0.3) is 21.8 Å². The van der Waals surface area contributed by atoms with Gasteiger partial charge in [0.1, 0.15) is 11.8 Å². The summed E-state index contributed by atoms with van der Waals surface area (Å²) in [7, 11) is 0. The standard InChI is InChI=1S/C32H30N2O4/c1-17(2)13-15-23-25(19-9-5-7-11-21(19)33-23)27-29(35)31(37)28(32(38)30(27)36)26-20-10-6-8-12-22(20)34-24(26)16-14-18(3)4/h5-12,27-28,33-34H,1,3,13-16H2,2,4H3. The number of aromatic nitrogens is 2. The lowest BCUT2D eigenvalue weighted by Gasteiger charge is -2.25. The van der Waals surface area contributed by atoms with E-state index in [0.717, 1.165) is 22.2 Å². The maximum atomic E-state index is 13.8. The molecule has 0 amide bonds. The molecule has 2 heterocycles. The molecule has 6 heteroatoms. The topological polar surface area (TPSA) is 99.9 Å². The summed E-state index contributed by atoms with van der Waals surface area (Å²) in [5.74, 6) is -6.25. The van der Waals surface area contributed by atoms with Crippen LogP contribution >= 0.6 is 0 Å². The Balaban J connectivity index is 1.62. The quantitative estimate of drug-likeness (QED) is 0.179. The molecule has 2 N–H and O–H groups in total. The summed E-state index contributed by atoms with van der Waals surface area (Å²) in [6.45, 7) is 11.7. The van der Waals surface area contributed by atoms with Gasteiger partial charge < -0.3 is 9.97 Å². The maximum Gasteiger partial charge on any atom is 0.214 e. The lowest BCUT2D eigenvalue weighted by Crippen LogP contribution is -2.46. The molecule has 0 bridgehead atoms. The number of aryl methyl sites for hydroxylation is 2. The molecular weight excluding hydrogens is 476 g/mol.